The summed E-state index contributed by atoms with van der Waals surface area (Å²) in [4.78, 5) is 36.9. The highest BCUT2D eigenvalue weighted by Gasteiger charge is 2.32. The lowest BCUT2D eigenvalue weighted by Gasteiger charge is -2.15. The van der Waals surface area contributed by atoms with Crippen molar-refractivity contribution in [1.82, 2.24) is 5.32 Å². The van der Waals surface area contributed by atoms with Crippen molar-refractivity contribution in [3.8, 4) is 11.5 Å². The summed E-state index contributed by atoms with van der Waals surface area (Å²) < 4.78 is 11.0. The third kappa shape index (κ3) is 6.10. The Morgan fingerprint density at radius 2 is 1.90 bits per heavy atom. The quantitative estimate of drug-likeness (QED) is 0.416. The largest absolute Gasteiger partial charge is 0.497 e. The Morgan fingerprint density at radius 3 is 2.58 bits per heavy atom. The molecule has 0 saturated heterocycles. The molecule has 0 aliphatic carbocycles. The van der Waals surface area contributed by atoms with Crippen LogP contribution in [0.25, 0.3) is 0 Å². The lowest BCUT2D eigenvalue weighted by Crippen LogP contribution is -2.36. The van der Waals surface area contributed by atoms with E-state index < -0.39 is 6.04 Å². The number of hydrogen-bond acceptors (Lipinski definition) is 6. The molecule has 31 heavy (non-hydrogen) atoms. The molecule has 1 unspecified atom stereocenters. The number of hydrogen-bond donors (Lipinski definition) is 1. The monoisotopic (exact) mass is 441 g/mol. The second kappa shape index (κ2) is 10.0. The Hall–Kier alpha value is -2.80. The summed E-state index contributed by atoms with van der Waals surface area (Å²) in [6, 6.07) is 12.1. The maximum Gasteiger partial charge on any atom is 0.207 e. The zero-order valence-electron chi connectivity index (χ0n) is 18.0. The molecule has 0 aromatic heterocycles. The van der Waals surface area contributed by atoms with Crippen molar-refractivity contribution < 1.29 is 23.9 Å². The summed E-state index contributed by atoms with van der Waals surface area (Å²) in [5.41, 5.74) is 1.55. The number of benzene rings is 2. The Bertz CT molecular complexity index is 955. The van der Waals surface area contributed by atoms with Crippen LogP contribution >= 0.6 is 11.8 Å². The van der Waals surface area contributed by atoms with Gasteiger partial charge in [-0.25, -0.2) is 0 Å². The van der Waals surface area contributed by atoms with Crippen molar-refractivity contribution >= 4 is 29.7 Å². The molecule has 1 N–H and O–H groups in total. The third-order valence-corrected chi connectivity index (χ3v) is 6.20. The van der Waals surface area contributed by atoms with Gasteiger partial charge in [-0.15, -0.1) is 0 Å². The fourth-order valence-electron chi connectivity index (χ4n) is 3.46. The van der Waals surface area contributed by atoms with Gasteiger partial charge in [-0.3, -0.25) is 14.4 Å². The number of thioether (sulfide) groups is 1. The maximum atomic E-state index is 13.0. The predicted octanol–water partition coefficient (Wildman–Crippen LogP) is 4.20. The minimum Gasteiger partial charge on any atom is -0.497 e. The number of ether oxygens (including phenoxy) is 2. The second-order valence-corrected chi connectivity index (χ2v) is 9.52. The first-order chi connectivity index (χ1) is 14.8. The number of rotatable bonds is 11. The van der Waals surface area contributed by atoms with Crippen LogP contribution in [-0.2, 0) is 16.0 Å². The first-order valence-corrected chi connectivity index (χ1v) is 11.0. The van der Waals surface area contributed by atoms with Crippen LogP contribution in [0.15, 0.2) is 47.4 Å². The van der Waals surface area contributed by atoms with Gasteiger partial charge in [0.25, 0.3) is 0 Å². The van der Waals surface area contributed by atoms with Crippen LogP contribution in [0.5, 0.6) is 11.5 Å². The van der Waals surface area contributed by atoms with E-state index in [0.29, 0.717) is 24.8 Å². The molecule has 0 bridgehead atoms. The molecule has 0 radical (unpaired) electrons. The van der Waals surface area contributed by atoms with Gasteiger partial charge in [-0.1, -0.05) is 23.9 Å². The maximum absolute atomic E-state index is 13.0. The van der Waals surface area contributed by atoms with Gasteiger partial charge in [0.2, 0.25) is 6.41 Å². The van der Waals surface area contributed by atoms with Gasteiger partial charge in [0, 0.05) is 18.4 Å². The number of Topliss-reactive ketones (excluding diaryl/α,β-unsaturated/α-hetero) is 2. The van der Waals surface area contributed by atoms with E-state index in [1.807, 2.05) is 38.1 Å². The van der Waals surface area contributed by atoms with Crippen LogP contribution in [0, 0.1) is 0 Å². The van der Waals surface area contributed by atoms with Crippen LogP contribution in [0.2, 0.25) is 0 Å². The van der Waals surface area contributed by atoms with E-state index in [0.717, 1.165) is 22.0 Å². The normalized spacial score (nSPS) is 14.8. The highest BCUT2D eigenvalue weighted by molar-refractivity contribution is 8.00. The van der Waals surface area contributed by atoms with Crippen LogP contribution in [0.3, 0.4) is 0 Å². The number of nitrogens with one attached hydrogen (secondary N) is 1. The Balaban J connectivity index is 1.56. The lowest BCUT2D eigenvalue weighted by molar-refractivity contribution is -0.119. The van der Waals surface area contributed by atoms with E-state index in [1.165, 1.54) is 0 Å². The van der Waals surface area contributed by atoms with Crippen molar-refractivity contribution in [1.29, 1.82) is 0 Å². The third-order valence-electron chi connectivity index (χ3n) is 5.09. The van der Waals surface area contributed by atoms with Crippen molar-refractivity contribution in [3.63, 3.8) is 0 Å². The summed E-state index contributed by atoms with van der Waals surface area (Å²) >= 11 is 1.55. The number of methoxy groups -OCH3 is 1. The minimum atomic E-state index is -0.735. The smallest absolute Gasteiger partial charge is 0.207 e. The Labute approximate surface area is 186 Å². The molecule has 1 aliphatic rings. The predicted molar refractivity (Wildman–Crippen MR) is 120 cm³/mol. The topological polar surface area (TPSA) is 81.7 Å². The van der Waals surface area contributed by atoms with Gasteiger partial charge < -0.3 is 14.8 Å². The molecule has 6 nitrogen and oxygen atoms in total. The van der Waals surface area contributed by atoms with Crippen molar-refractivity contribution in [3.05, 3.63) is 53.6 Å². The summed E-state index contributed by atoms with van der Waals surface area (Å²) in [5.74, 6) is 1.38. The Morgan fingerprint density at radius 1 is 1.16 bits per heavy atom. The van der Waals surface area contributed by atoms with Crippen LogP contribution in [0.1, 0.15) is 49.0 Å². The molecule has 1 heterocycles. The average molecular weight is 442 g/mol. The van der Waals surface area contributed by atoms with Crippen LogP contribution in [-0.4, -0.2) is 36.1 Å². The standard InChI is InChI=1S/C24H27NO5S/c1-24(2)30-21-13-7-17(14-22(21)31-24)23(28)20(25-15-26)12-9-18(27)8-4-16-5-10-19(29-3)11-6-16/h5-7,10-11,13-15,20H,4,8-9,12H2,1-3H3,(H,25,26). The second-order valence-electron chi connectivity index (χ2n) is 7.89. The number of amides is 1. The highest BCUT2D eigenvalue weighted by Crippen LogP contribution is 2.47. The van der Waals surface area contributed by atoms with Gasteiger partial charge in [-0.2, -0.15) is 0 Å². The van der Waals surface area contributed by atoms with E-state index >= 15 is 0 Å². The number of fused-ring (bicyclic) bond motifs is 1. The molecule has 1 aliphatic heterocycles. The van der Waals surface area contributed by atoms with Crippen molar-refractivity contribution in [2.75, 3.05) is 7.11 Å². The number of carbonyl (C=O) groups excluding carboxylic acids is 3. The fourth-order valence-corrected chi connectivity index (χ4v) is 4.51. The van der Waals surface area contributed by atoms with Gasteiger partial charge >= 0.3 is 0 Å². The SMILES string of the molecule is COc1ccc(CCC(=O)CCC(NC=O)C(=O)c2ccc3c(c2)SC(C)(C)O3)cc1. The minimum absolute atomic E-state index is 0.0565. The molecule has 1 atom stereocenters. The molecular weight excluding hydrogens is 414 g/mol. The fraction of sp³-hybridized carbons (Fsp3) is 0.375. The van der Waals surface area contributed by atoms with Crippen molar-refractivity contribution in [2.24, 2.45) is 0 Å². The summed E-state index contributed by atoms with van der Waals surface area (Å²) in [6.07, 6.45) is 2.02. The highest BCUT2D eigenvalue weighted by atomic mass is 32.2. The van der Waals surface area contributed by atoms with Gasteiger partial charge in [-0.05, 0) is 62.6 Å². The zero-order chi connectivity index (χ0) is 22.4. The Kier molecular flexibility index (Phi) is 7.38. The molecule has 7 heteroatoms. The van der Waals surface area contributed by atoms with E-state index in [1.54, 1.807) is 37.1 Å². The lowest BCUT2D eigenvalue weighted by atomic mass is 9.97. The number of aryl methyl sites for hydroxylation is 1. The molecule has 0 spiro atoms. The first-order valence-electron chi connectivity index (χ1n) is 10.2. The first kappa shape index (κ1) is 22.9. The van der Waals surface area contributed by atoms with E-state index in [-0.39, 0.29) is 29.3 Å². The zero-order valence-corrected chi connectivity index (χ0v) is 18.8. The molecule has 2 aromatic carbocycles. The molecule has 1 amide bonds. The molecule has 0 fully saturated rings. The van der Waals surface area contributed by atoms with Crippen LogP contribution < -0.4 is 14.8 Å². The molecule has 3 rings (SSSR count). The van der Waals surface area contributed by atoms with Crippen LogP contribution in [0.4, 0.5) is 0 Å². The molecule has 2 aromatic rings. The summed E-state index contributed by atoms with van der Waals surface area (Å²) in [5, 5.41) is 2.57. The van der Waals surface area contributed by atoms with E-state index in [4.69, 9.17) is 9.47 Å². The molecular formula is C24H27NO5S. The molecule has 164 valence electrons. The number of ketones is 2. The number of carbonyl (C=O) groups is 3. The summed E-state index contributed by atoms with van der Waals surface area (Å²) in [6.45, 7) is 3.93. The summed E-state index contributed by atoms with van der Waals surface area (Å²) in [7, 11) is 1.61. The average Bonchev–Trinajstić information content (AvgIpc) is 3.07. The van der Waals surface area contributed by atoms with Gasteiger partial charge in [0.1, 0.15) is 17.3 Å². The molecule has 0 saturated carbocycles. The van der Waals surface area contributed by atoms with Gasteiger partial charge in [0.15, 0.2) is 10.7 Å². The van der Waals surface area contributed by atoms with E-state index in [9.17, 15) is 14.4 Å². The van der Waals surface area contributed by atoms with Gasteiger partial charge in [0.05, 0.1) is 18.0 Å². The van der Waals surface area contributed by atoms with E-state index in [2.05, 4.69) is 5.32 Å². The van der Waals surface area contributed by atoms with Crippen molar-refractivity contribution in [2.45, 2.75) is 55.4 Å².